The van der Waals surface area contributed by atoms with Crippen LogP contribution in [-0.4, -0.2) is 64.3 Å². The molecule has 0 atom stereocenters. The van der Waals surface area contributed by atoms with E-state index in [1.165, 1.54) is 10.6 Å². The van der Waals surface area contributed by atoms with E-state index in [1.807, 2.05) is 6.07 Å². The predicted molar refractivity (Wildman–Crippen MR) is 117 cm³/mol. The molecule has 2 aromatic rings. The highest BCUT2D eigenvalue weighted by atomic mass is 16.2. The van der Waals surface area contributed by atoms with Gasteiger partial charge < -0.3 is 25.6 Å². The van der Waals surface area contributed by atoms with Gasteiger partial charge in [0.25, 0.3) is 5.56 Å². The zero-order valence-corrected chi connectivity index (χ0v) is 17.7. The summed E-state index contributed by atoms with van der Waals surface area (Å²) >= 11 is 0. The molecule has 3 rings (SSSR count). The predicted octanol–water partition coefficient (Wildman–Crippen LogP) is 0.992. The van der Waals surface area contributed by atoms with Gasteiger partial charge >= 0.3 is 6.03 Å². The highest BCUT2D eigenvalue weighted by Crippen LogP contribution is 2.13. The fourth-order valence-electron chi connectivity index (χ4n) is 3.42. The molecule has 2 heterocycles. The van der Waals surface area contributed by atoms with Crippen LogP contribution in [0.2, 0.25) is 0 Å². The minimum Gasteiger partial charge on any atom is -0.338 e. The van der Waals surface area contributed by atoms with Gasteiger partial charge in [0, 0.05) is 56.2 Å². The van der Waals surface area contributed by atoms with Crippen LogP contribution < -0.4 is 16.6 Å². The summed E-state index contributed by atoms with van der Waals surface area (Å²) in [5.74, 6) is -0.145. The van der Waals surface area contributed by atoms with E-state index >= 15 is 0 Å². The second-order valence-electron chi connectivity index (χ2n) is 8.10. The molecule has 1 saturated heterocycles. The number of amides is 3. The zero-order valence-electron chi connectivity index (χ0n) is 17.7. The first-order chi connectivity index (χ1) is 14.7. The van der Waals surface area contributed by atoms with Gasteiger partial charge in [-0.3, -0.25) is 14.2 Å². The number of nitrogens with two attached hydrogens (primary N) is 1. The van der Waals surface area contributed by atoms with E-state index in [9.17, 15) is 19.2 Å². The topological polar surface area (TPSA) is 118 Å². The van der Waals surface area contributed by atoms with Gasteiger partial charge in [-0.15, -0.1) is 0 Å². The molecule has 164 valence electrons. The van der Waals surface area contributed by atoms with Crippen molar-refractivity contribution >= 4 is 23.9 Å². The molecule has 1 fully saturated rings. The third kappa shape index (κ3) is 5.37. The number of rotatable bonds is 5. The van der Waals surface area contributed by atoms with Crippen molar-refractivity contribution in [3.63, 3.8) is 0 Å². The molecule has 1 aromatic carbocycles. The summed E-state index contributed by atoms with van der Waals surface area (Å²) in [5.41, 5.74) is 6.46. The van der Waals surface area contributed by atoms with Gasteiger partial charge in [-0.25, -0.2) is 4.79 Å². The summed E-state index contributed by atoms with van der Waals surface area (Å²) in [7, 11) is 0. The molecule has 1 aliphatic heterocycles. The van der Waals surface area contributed by atoms with Crippen molar-refractivity contribution in [3.8, 4) is 5.69 Å². The van der Waals surface area contributed by atoms with Gasteiger partial charge in [-0.2, -0.15) is 0 Å². The lowest BCUT2D eigenvalue weighted by atomic mass is 10.1. The number of nitrogens with one attached hydrogen (secondary N) is 1. The summed E-state index contributed by atoms with van der Waals surface area (Å²) < 4.78 is 1.45. The van der Waals surface area contributed by atoms with Crippen molar-refractivity contribution in [1.82, 2.24) is 14.4 Å². The van der Waals surface area contributed by atoms with Crippen molar-refractivity contribution in [1.29, 1.82) is 0 Å². The Labute approximate surface area is 180 Å². The molecule has 0 aliphatic carbocycles. The number of aromatic nitrogens is 1. The average Bonchev–Trinajstić information content (AvgIpc) is 2.73. The molecule has 1 aliphatic rings. The molecule has 1 aromatic heterocycles. The van der Waals surface area contributed by atoms with Gasteiger partial charge in [0.2, 0.25) is 5.91 Å². The van der Waals surface area contributed by atoms with E-state index in [1.54, 1.807) is 54.1 Å². The molecule has 3 N–H and O–H groups in total. The van der Waals surface area contributed by atoms with Crippen LogP contribution in [0.3, 0.4) is 0 Å². The number of hydrogen-bond donors (Lipinski definition) is 2. The van der Waals surface area contributed by atoms with E-state index in [2.05, 4.69) is 5.32 Å². The van der Waals surface area contributed by atoms with E-state index in [0.29, 0.717) is 37.6 Å². The summed E-state index contributed by atoms with van der Waals surface area (Å²) in [6.45, 7) is 4.91. The highest BCUT2D eigenvalue weighted by molar-refractivity contribution is 5.90. The number of piperazine rings is 1. The quantitative estimate of drug-likeness (QED) is 0.693. The summed E-state index contributed by atoms with van der Waals surface area (Å²) in [6.07, 6.45) is 2.67. The van der Waals surface area contributed by atoms with Crippen LogP contribution in [0, 0.1) is 0 Å². The minimum atomic E-state index is -0.943. The molecule has 31 heavy (non-hydrogen) atoms. The van der Waals surface area contributed by atoms with Gasteiger partial charge in [-0.1, -0.05) is 12.1 Å². The maximum atomic E-state index is 12.6. The fourth-order valence-corrected chi connectivity index (χ4v) is 3.42. The Balaban J connectivity index is 1.64. The van der Waals surface area contributed by atoms with Gasteiger partial charge in [-0.05, 0) is 37.6 Å². The third-order valence-electron chi connectivity index (χ3n) is 5.08. The van der Waals surface area contributed by atoms with Crippen molar-refractivity contribution in [3.05, 3.63) is 58.5 Å². The number of pyridine rings is 1. The van der Waals surface area contributed by atoms with E-state index in [0.717, 1.165) is 11.8 Å². The number of hydrogen-bond acceptors (Lipinski definition) is 5. The molecule has 0 saturated carbocycles. The Morgan fingerprint density at radius 1 is 1.10 bits per heavy atom. The van der Waals surface area contributed by atoms with Gasteiger partial charge in [0.1, 0.15) is 6.29 Å². The second kappa shape index (κ2) is 9.13. The van der Waals surface area contributed by atoms with Crippen LogP contribution in [-0.2, 0) is 16.0 Å². The molecular weight excluding hydrogens is 398 g/mol. The highest BCUT2D eigenvalue weighted by Gasteiger charge is 2.31. The minimum absolute atomic E-state index is 0.145. The first kappa shape index (κ1) is 22.2. The van der Waals surface area contributed by atoms with Crippen LogP contribution >= 0.6 is 0 Å². The number of anilines is 1. The molecule has 0 spiro atoms. The fraction of sp³-hybridized carbons (Fsp3) is 0.364. The van der Waals surface area contributed by atoms with Crippen molar-refractivity contribution in [2.45, 2.75) is 25.8 Å². The Kier molecular flexibility index (Phi) is 6.55. The van der Waals surface area contributed by atoms with Crippen LogP contribution in [0.4, 0.5) is 10.5 Å². The molecule has 3 amide bonds. The lowest BCUT2D eigenvalue weighted by Crippen LogP contribution is -2.58. The SMILES string of the molecule is CC(C)(N)C(=O)N1CCN(C(=O)Nc2ccn(-c3cccc(CC=O)c3)c(=O)c2)CC1. The number of benzene rings is 1. The van der Waals surface area contributed by atoms with E-state index in [-0.39, 0.29) is 23.9 Å². The third-order valence-corrected chi connectivity index (χ3v) is 5.08. The summed E-state index contributed by atoms with van der Waals surface area (Å²) in [6, 6.07) is 9.81. The largest absolute Gasteiger partial charge is 0.338 e. The van der Waals surface area contributed by atoms with Crippen LogP contribution in [0.1, 0.15) is 19.4 Å². The first-order valence-corrected chi connectivity index (χ1v) is 10.1. The lowest BCUT2D eigenvalue weighted by molar-refractivity contribution is -0.137. The Morgan fingerprint density at radius 3 is 2.39 bits per heavy atom. The number of carbonyl (C=O) groups excluding carboxylic acids is 3. The molecule has 0 unspecified atom stereocenters. The van der Waals surface area contributed by atoms with Crippen LogP contribution in [0.5, 0.6) is 0 Å². The van der Waals surface area contributed by atoms with E-state index < -0.39 is 5.54 Å². The second-order valence-corrected chi connectivity index (χ2v) is 8.10. The van der Waals surface area contributed by atoms with Gasteiger partial charge in [0.15, 0.2) is 0 Å². The van der Waals surface area contributed by atoms with Crippen molar-refractivity contribution < 1.29 is 14.4 Å². The maximum absolute atomic E-state index is 12.6. The average molecular weight is 425 g/mol. The summed E-state index contributed by atoms with van der Waals surface area (Å²) in [5, 5.41) is 2.74. The standard InChI is InChI=1S/C22H27N5O4/c1-22(2,23)20(30)25-9-11-26(12-10-25)21(31)24-17-6-8-27(19(29)15-17)18-5-3-4-16(14-18)7-13-28/h3-6,8,13-15H,7,9-12,23H2,1-2H3,(H,24,31). The molecule has 9 nitrogen and oxygen atoms in total. The normalized spacial score (nSPS) is 14.3. The molecule has 9 heteroatoms. The van der Waals surface area contributed by atoms with Crippen molar-refractivity contribution in [2.75, 3.05) is 31.5 Å². The Bertz CT molecular complexity index is 1030. The van der Waals surface area contributed by atoms with E-state index in [4.69, 9.17) is 5.73 Å². The molecule has 0 radical (unpaired) electrons. The lowest BCUT2D eigenvalue weighted by Gasteiger charge is -2.37. The Morgan fingerprint density at radius 2 is 1.77 bits per heavy atom. The van der Waals surface area contributed by atoms with Crippen LogP contribution in [0.15, 0.2) is 47.4 Å². The molecular formula is C22H27N5O4. The maximum Gasteiger partial charge on any atom is 0.321 e. The summed E-state index contributed by atoms with van der Waals surface area (Å²) in [4.78, 5) is 51.4. The van der Waals surface area contributed by atoms with Crippen LogP contribution in [0.25, 0.3) is 5.69 Å². The monoisotopic (exact) mass is 425 g/mol. The van der Waals surface area contributed by atoms with Gasteiger partial charge in [0.05, 0.1) is 5.54 Å². The smallest absolute Gasteiger partial charge is 0.321 e. The number of nitrogens with zero attached hydrogens (tertiary/aromatic N) is 3. The van der Waals surface area contributed by atoms with Crippen molar-refractivity contribution in [2.24, 2.45) is 5.73 Å². The first-order valence-electron chi connectivity index (χ1n) is 10.1. The Hall–Kier alpha value is -3.46. The zero-order chi connectivity index (χ0) is 22.6. The molecule has 0 bridgehead atoms. The number of urea groups is 1. The number of carbonyl (C=O) groups is 3. The number of aldehydes is 1.